The van der Waals surface area contributed by atoms with Crippen LogP contribution in [0.3, 0.4) is 0 Å². The molecule has 4 saturated carbocycles. The van der Waals surface area contributed by atoms with Gasteiger partial charge < -0.3 is 0 Å². The van der Waals surface area contributed by atoms with Crippen molar-refractivity contribution in [3.05, 3.63) is 45.2 Å². The minimum Gasteiger partial charge on any atom is -0.295 e. The lowest BCUT2D eigenvalue weighted by Gasteiger charge is -2.56. The zero-order valence-electron chi connectivity index (χ0n) is 17.3. The summed E-state index contributed by atoms with van der Waals surface area (Å²) < 4.78 is 2.02. The lowest BCUT2D eigenvalue weighted by Crippen LogP contribution is -2.58. The SMILES string of the molecule is Clc1ccc(-n2nc(CONC34CC5CC(CC(C5)C3)C4)c3c2CCCC3)c(Cl)c1. The highest BCUT2D eigenvalue weighted by atomic mass is 35.5. The molecule has 160 valence electrons. The van der Waals surface area contributed by atoms with E-state index in [1.54, 1.807) is 6.07 Å². The van der Waals surface area contributed by atoms with Crippen LogP contribution in [0.15, 0.2) is 18.2 Å². The Bertz CT molecular complexity index is 934. The number of hydrogen-bond acceptors (Lipinski definition) is 3. The topological polar surface area (TPSA) is 39.1 Å². The molecule has 0 spiro atoms. The van der Waals surface area contributed by atoms with Gasteiger partial charge in [0.15, 0.2) is 0 Å². The van der Waals surface area contributed by atoms with Crippen LogP contribution in [0.5, 0.6) is 0 Å². The second-order valence-corrected chi connectivity index (χ2v) is 11.0. The number of halogens is 2. The van der Waals surface area contributed by atoms with Gasteiger partial charge in [-0.1, -0.05) is 23.2 Å². The zero-order chi connectivity index (χ0) is 20.3. The van der Waals surface area contributed by atoms with Crippen LogP contribution < -0.4 is 5.48 Å². The molecule has 1 aromatic heterocycles. The molecule has 4 fully saturated rings. The Balaban J connectivity index is 1.22. The first-order valence-corrected chi connectivity index (χ1v) is 12.3. The Kier molecular flexibility index (Phi) is 4.91. The van der Waals surface area contributed by atoms with Gasteiger partial charge in [0.2, 0.25) is 0 Å². The zero-order valence-corrected chi connectivity index (χ0v) is 18.8. The third kappa shape index (κ3) is 3.40. The predicted octanol–water partition coefficient (Wildman–Crippen LogP) is 6.05. The highest BCUT2D eigenvalue weighted by molar-refractivity contribution is 6.35. The summed E-state index contributed by atoms with van der Waals surface area (Å²) in [4.78, 5) is 6.19. The summed E-state index contributed by atoms with van der Waals surface area (Å²) in [6.45, 7) is 0.516. The number of nitrogens with zero attached hydrogens (tertiary/aromatic N) is 2. The fraction of sp³-hybridized carbons (Fsp3) is 0.625. The van der Waals surface area contributed by atoms with Crippen molar-refractivity contribution in [2.45, 2.75) is 76.4 Å². The van der Waals surface area contributed by atoms with Gasteiger partial charge in [-0.25, -0.2) is 4.68 Å². The highest BCUT2D eigenvalue weighted by Crippen LogP contribution is 2.55. The maximum Gasteiger partial charge on any atom is 0.112 e. The van der Waals surface area contributed by atoms with E-state index in [1.807, 2.05) is 16.8 Å². The van der Waals surface area contributed by atoms with Crippen molar-refractivity contribution in [2.24, 2.45) is 17.8 Å². The largest absolute Gasteiger partial charge is 0.295 e. The Morgan fingerprint density at radius 2 is 1.73 bits per heavy atom. The average molecular weight is 446 g/mol. The van der Waals surface area contributed by atoms with Gasteiger partial charge in [0.1, 0.15) is 6.61 Å². The van der Waals surface area contributed by atoms with Crippen molar-refractivity contribution < 1.29 is 4.84 Å². The third-order valence-corrected chi connectivity index (χ3v) is 8.47. The molecule has 30 heavy (non-hydrogen) atoms. The van der Waals surface area contributed by atoms with Crippen LogP contribution >= 0.6 is 23.2 Å². The lowest BCUT2D eigenvalue weighted by molar-refractivity contribution is -0.116. The molecule has 6 heteroatoms. The molecule has 0 radical (unpaired) electrons. The summed E-state index contributed by atoms with van der Waals surface area (Å²) in [5, 5.41) is 6.24. The molecule has 1 heterocycles. The summed E-state index contributed by atoms with van der Waals surface area (Å²) >= 11 is 12.6. The van der Waals surface area contributed by atoms with Crippen LogP contribution in [-0.2, 0) is 24.3 Å². The fourth-order valence-electron chi connectivity index (χ4n) is 7.14. The standard InChI is InChI=1S/C24H29Cl2N3O/c25-18-5-6-23(20(26)10-18)29-22-4-2-1-3-19(22)21(27-29)14-30-28-24-11-15-7-16(12-24)9-17(8-15)13-24/h5-6,10,15-17,28H,1-4,7-9,11-14H2. The molecule has 5 aliphatic rings. The number of benzene rings is 1. The van der Waals surface area contributed by atoms with Gasteiger partial charge in [-0.3, -0.25) is 4.84 Å². The monoisotopic (exact) mass is 445 g/mol. The molecule has 4 nitrogen and oxygen atoms in total. The van der Waals surface area contributed by atoms with E-state index < -0.39 is 0 Å². The molecular formula is C24H29Cl2N3O. The molecule has 7 rings (SSSR count). The molecule has 0 unspecified atom stereocenters. The van der Waals surface area contributed by atoms with Crippen molar-refractivity contribution in [1.82, 2.24) is 15.3 Å². The summed E-state index contributed by atoms with van der Waals surface area (Å²) in [7, 11) is 0. The van der Waals surface area contributed by atoms with E-state index in [2.05, 4.69) is 5.48 Å². The molecule has 0 aliphatic heterocycles. The number of aromatic nitrogens is 2. The van der Waals surface area contributed by atoms with E-state index in [9.17, 15) is 0 Å². The number of fused-ring (bicyclic) bond motifs is 1. The lowest BCUT2D eigenvalue weighted by atomic mass is 9.53. The molecule has 0 atom stereocenters. The van der Waals surface area contributed by atoms with Crippen molar-refractivity contribution in [1.29, 1.82) is 0 Å². The van der Waals surface area contributed by atoms with Gasteiger partial charge in [-0.2, -0.15) is 10.6 Å². The van der Waals surface area contributed by atoms with Crippen LogP contribution in [0.1, 0.15) is 68.3 Å². The minimum absolute atomic E-state index is 0.205. The van der Waals surface area contributed by atoms with Crippen molar-refractivity contribution >= 4 is 23.2 Å². The molecule has 1 N–H and O–H groups in total. The number of hydroxylamine groups is 1. The van der Waals surface area contributed by atoms with E-state index in [0.29, 0.717) is 16.7 Å². The molecule has 2 aromatic rings. The molecule has 5 aliphatic carbocycles. The van der Waals surface area contributed by atoms with Gasteiger partial charge in [0.05, 0.1) is 16.4 Å². The van der Waals surface area contributed by atoms with Gasteiger partial charge in [-0.15, -0.1) is 0 Å². The Morgan fingerprint density at radius 1 is 1.03 bits per heavy atom. The summed E-state index contributed by atoms with van der Waals surface area (Å²) in [6.07, 6.45) is 12.7. The maximum atomic E-state index is 6.51. The van der Waals surface area contributed by atoms with Crippen molar-refractivity contribution in [3.8, 4) is 5.69 Å². The van der Waals surface area contributed by atoms with E-state index in [0.717, 1.165) is 42.0 Å². The first kappa shape index (κ1) is 19.6. The van der Waals surface area contributed by atoms with Crippen molar-refractivity contribution in [3.63, 3.8) is 0 Å². The smallest absolute Gasteiger partial charge is 0.112 e. The van der Waals surface area contributed by atoms with Crippen LogP contribution in [0.4, 0.5) is 0 Å². The van der Waals surface area contributed by atoms with Crippen molar-refractivity contribution in [2.75, 3.05) is 0 Å². The summed E-state index contributed by atoms with van der Waals surface area (Å²) in [6, 6.07) is 5.63. The van der Waals surface area contributed by atoms with Gasteiger partial charge >= 0.3 is 0 Å². The maximum absolute atomic E-state index is 6.51. The second kappa shape index (κ2) is 7.51. The average Bonchev–Trinajstić information content (AvgIpc) is 3.05. The molecule has 1 aromatic carbocycles. The number of nitrogens with one attached hydrogen (secondary N) is 1. The highest BCUT2D eigenvalue weighted by Gasteiger charge is 2.51. The van der Waals surface area contributed by atoms with Crippen LogP contribution in [0, 0.1) is 17.8 Å². The van der Waals surface area contributed by atoms with Crippen LogP contribution in [-0.4, -0.2) is 15.3 Å². The van der Waals surface area contributed by atoms with E-state index in [-0.39, 0.29) is 5.54 Å². The Morgan fingerprint density at radius 3 is 2.43 bits per heavy atom. The Hall–Kier alpha value is -1.07. The summed E-state index contributed by atoms with van der Waals surface area (Å²) in [5.41, 5.74) is 8.34. The molecular weight excluding hydrogens is 417 g/mol. The first-order chi connectivity index (χ1) is 14.6. The summed E-state index contributed by atoms with van der Waals surface area (Å²) in [5.74, 6) is 2.73. The van der Waals surface area contributed by atoms with E-state index >= 15 is 0 Å². The molecule has 0 amide bonds. The van der Waals surface area contributed by atoms with Gasteiger partial charge in [-0.05, 0) is 106 Å². The normalized spacial score (nSPS) is 31.9. The minimum atomic E-state index is 0.205. The predicted molar refractivity (Wildman–Crippen MR) is 119 cm³/mol. The van der Waals surface area contributed by atoms with Crippen LogP contribution in [0.2, 0.25) is 10.0 Å². The third-order valence-electron chi connectivity index (χ3n) is 7.94. The fourth-order valence-corrected chi connectivity index (χ4v) is 7.63. The first-order valence-electron chi connectivity index (χ1n) is 11.5. The van der Waals surface area contributed by atoms with E-state index in [1.165, 1.54) is 62.6 Å². The molecule has 4 bridgehead atoms. The quantitative estimate of drug-likeness (QED) is 0.569. The Labute approximate surface area is 188 Å². The van der Waals surface area contributed by atoms with Gasteiger partial charge in [0, 0.05) is 16.3 Å². The number of hydrogen-bond donors (Lipinski definition) is 1. The van der Waals surface area contributed by atoms with E-state index in [4.69, 9.17) is 33.1 Å². The van der Waals surface area contributed by atoms with Gasteiger partial charge in [0.25, 0.3) is 0 Å². The molecule has 0 saturated heterocycles. The van der Waals surface area contributed by atoms with Crippen LogP contribution in [0.25, 0.3) is 5.69 Å². The number of rotatable bonds is 5. The second-order valence-electron chi connectivity index (χ2n) is 10.2.